The van der Waals surface area contributed by atoms with Crippen molar-refractivity contribution in [2.45, 2.75) is 101 Å². The highest BCUT2D eigenvalue weighted by Gasteiger charge is 2.86. The lowest BCUT2D eigenvalue weighted by molar-refractivity contribution is -0.181. The minimum atomic E-state index is -1.03. The number of aliphatic hydroxyl groups excluding tert-OH is 2. The van der Waals surface area contributed by atoms with Gasteiger partial charge in [0.2, 0.25) is 0 Å². The standard InChI is InChI=1S/C34H47NO4S2/c1-31-15-20-10-11-33(32(31,2)28(20)29-25(37)14-27(39-3)34(29,31)38)16-21-12-19-6-4-7-23(13-19)35-30-24(36)8-5-9-26(30)41-40-18-22(21)17-33/h4,6-7,13-14,20-22,24,26-30,35-38H,5,8-12,15-18H2,1-3H3/t20-,21+,22+,24-,26+,27-,28-,29-,30+,31-,32-,33+,34+/m0/s1. The van der Waals surface area contributed by atoms with Gasteiger partial charge in [-0.25, -0.2) is 0 Å². The van der Waals surface area contributed by atoms with Crippen molar-refractivity contribution in [1.29, 1.82) is 0 Å². The Morgan fingerprint density at radius 2 is 1.88 bits per heavy atom. The van der Waals surface area contributed by atoms with Crippen LogP contribution in [0.15, 0.2) is 36.1 Å². The third-order valence-corrected chi connectivity index (χ3v) is 17.2. The van der Waals surface area contributed by atoms with Crippen LogP contribution in [-0.2, 0) is 11.2 Å². The molecule has 5 nitrogen and oxygen atoms in total. The maximum absolute atomic E-state index is 12.6. The molecule has 224 valence electrons. The Morgan fingerprint density at radius 1 is 1.05 bits per heavy atom. The fourth-order valence-electron chi connectivity index (χ4n) is 12.4. The molecule has 8 rings (SSSR count). The number of anilines is 1. The Kier molecular flexibility index (Phi) is 6.29. The van der Waals surface area contributed by atoms with Crippen molar-refractivity contribution in [3.8, 4) is 0 Å². The first kappa shape index (κ1) is 27.7. The molecule has 0 amide bonds. The Bertz CT molecular complexity index is 1260. The molecular weight excluding hydrogens is 551 g/mol. The number of hydrogen-bond donors (Lipinski definition) is 4. The summed E-state index contributed by atoms with van der Waals surface area (Å²) in [6.45, 7) is 4.89. The van der Waals surface area contributed by atoms with Crippen molar-refractivity contribution in [1.82, 2.24) is 0 Å². The maximum atomic E-state index is 12.6. The summed E-state index contributed by atoms with van der Waals surface area (Å²) in [6, 6.07) is 9.10. The van der Waals surface area contributed by atoms with Gasteiger partial charge in [-0.15, -0.1) is 0 Å². The largest absolute Gasteiger partial charge is 0.512 e. The van der Waals surface area contributed by atoms with E-state index >= 15 is 0 Å². The van der Waals surface area contributed by atoms with Crippen molar-refractivity contribution >= 4 is 27.3 Å². The van der Waals surface area contributed by atoms with E-state index in [1.54, 1.807) is 7.11 Å². The van der Waals surface area contributed by atoms with E-state index in [1.807, 2.05) is 16.9 Å². The Labute approximate surface area is 253 Å². The first-order valence-electron chi connectivity index (χ1n) is 16.1. The third kappa shape index (κ3) is 3.45. The highest BCUT2D eigenvalue weighted by atomic mass is 33.1. The monoisotopic (exact) mass is 597 g/mol. The molecule has 13 atom stereocenters. The summed E-state index contributed by atoms with van der Waals surface area (Å²) < 4.78 is 5.90. The van der Waals surface area contributed by atoms with Gasteiger partial charge in [0.15, 0.2) is 0 Å². The highest BCUT2D eigenvalue weighted by Crippen LogP contribution is 2.86. The van der Waals surface area contributed by atoms with Gasteiger partial charge < -0.3 is 25.4 Å². The molecule has 41 heavy (non-hydrogen) atoms. The number of methoxy groups -OCH3 is 1. The average molecular weight is 598 g/mol. The number of aliphatic hydroxyl groups is 3. The summed E-state index contributed by atoms with van der Waals surface area (Å²) in [5.74, 6) is 3.45. The van der Waals surface area contributed by atoms with E-state index in [0.717, 1.165) is 43.5 Å². The molecule has 0 radical (unpaired) electrons. The summed E-state index contributed by atoms with van der Waals surface area (Å²) in [5.41, 5.74) is 1.34. The predicted octanol–water partition coefficient (Wildman–Crippen LogP) is 6.60. The molecule has 5 fully saturated rings. The van der Waals surface area contributed by atoms with Gasteiger partial charge in [0.05, 0.1) is 23.8 Å². The van der Waals surface area contributed by atoms with Gasteiger partial charge in [-0.2, -0.15) is 0 Å². The predicted molar refractivity (Wildman–Crippen MR) is 167 cm³/mol. The lowest BCUT2D eigenvalue weighted by atomic mass is 9.48. The van der Waals surface area contributed by atoms with Crippen LogP contribution < -0.4 is 5.32 Å². The number of nitrogens with one attached hydrogen (secondary N) is 1. The number of hydrogen-bond acceptors (Lipinski definition) is 7. The van der Waals surface area contributed by atoms with Crippen LogP contribution in [-0.4, -0.2) is 57.3 Å². The quantitative estimate of drug-likeness (QED) is 0.272. The summed E-state index contributed by atoms with van der Waals surface area (Å²) in [6.07, 6.45) is 11.3. The lowest BCUT2D eigenvalue weighted by Gasteiger charge is -2.57. The normalized spacial score (nSPS) is 53.5. The summed E-state index contributed by atoms with van der Waals surface area (Å²) >= 11 is 0. The van der Waals surface area contributed by atoms with Crippen LogP contribution in [0.4, 0.5) is 5.69 Å². The minimum Gasteiger partial charge on any atom is -0.512 e. The second kappa shape index (κ2) is 9.32. The van der Waals surface area contributed by atoms with Crippen LogP contribution in [0, 0.1) is 45.8 Å². The van der Waals surface area contributed by atoms with Gasteiger partial charge in [0, 0.05) is 29.2 Å². The van der Waals surface area contributed by atoms with Crippen LogP contribution in [0.5, 0.6) is 0 Å². The topological polar surface area (TPSA) is 82.0 Å². The molecule has 6 aliphatic carbocycles. The second-order valence-electron chi connectivity index (χ2n) is 15.3. The summed E-state index contributed by atoms with van der Waals surface area (Å²) in [4.78, 5) is 0. The molecule has 1 aromatic carbocycles. The van der Waals surface area contributed by atoms with Gasteiger partial charge in [-0.3, -0.25) is 0 Å². The fourth-order valence-corrected chi connectivity index (χ4v) is 15.8. The molecule has 1 heterocycles. The number of rotatable bonds is 1. The summed E-state index contributed by atoms with van der Waals surface area (Å²) in [7, 11) is 5.76. The number of fused-ring (bicyclic) bond motifs is 6. The molecule has 1 aliphatic heterocycles. The molecule has 6 bridgehead atoms. The Hall–Kier alpha value is -0.860. The van der Waals surface area contributed by atoms with Crippen molar-refractivity contribution in [3.05, 3.63) is 41.7 Å². The molecule has 0 aromatic heterocycles. The molecule has 7 aliphatic rings. The molecule has 0 unspecified atom stereocenters. The van der Waals surface area contributed by atoms with E-state index in [0.29, 0.717) is 34.7 Å². The molecule has 0 saturated heterocycles. The first-order chi connectivity index (χ1) is 19.6. The van der Waals surface area contributed by atoms with E-state index in [-0.39, 0.29) is 34.3 Å². The molecule has 1 aromatic rings. The van der Waals surface area contributed by atoms with E-state index in [4.69, 9.17) is 4.74 Å². The van der Waals surface area contributed by atoms with Crippen molar-refractivity contribution in [2.24, 2.45) is 45.8 Å². The summed E-state index contributed by atoms with van der Waals surface area (Å²) in [5, 5.41) is 39.0. The second-order valence-corrected chi connectivity index (χ2v) is 18.0. The number of ether oxygens (including phenoxy) is 1. The zero-order valence-corrected chi connectivity index (χ0v) is 26.4. The van der Waals surface area contributed by atoms with Gasteiger partial charge in [0.1, 0.15) is 11.7 Å². The van der Waals surface area contributed by atoms with E-state index in [2.05, 4.69) is 54.2 Å². The zero-order valence-electron chi connectivity index (χ0n) is 24.7. The van der Waals surface area contributed by atoms with Crippen LogP contribution in [0.2, 0.25) is 0 Å². The molecule has 5 saturated carbocycles. The zero-order chi connectivity index (χ0) is 28.4. The minimum absolute atomic E-state index is 0.0396. The molecule has 1 spiro atoms. The van der Waals surface area contributed by atoms with E-state index in [1.165, 1.54) is 31.2 Å². The Morgan fingerprint density at radius 3 is 2.71 bits per heavy atom. The van der Waals surface area contributed by atoms with Crippen LogP contribution in [0.1, 0.15) is 70.8 Å². The fraction of sp³-hybridized carbons (Fsp3) is 0.765. The SMILES string of the molecule is CO[C@H]1C=C(O)[C@H]2[C@@H]3[C@H]4CC[C@]5(C[C@H]6Cc7cccc(c7)N[C@@H]7[C@@H](O)CCC[C@H]7SSC[C@H]6C5)[C@]3(C)[C@](C)(C4)[C@@]12O. The Balaban J connectivity index is 1.16. The molecule has 7 heteroatoms. The highest BCUT2D eigenvalue weighted by molar-refractivity contribution is 8.77. The smallest absolute Gasteiger partial charge is 0.110 e. The van der Waals surface area contributed by atoms with Crippen molar-refractivity contribution in [3.63, 3.8) is 0 Å². The van der Waals surface area contributed by atoms with Gasteiger partial charge in [0.25, 0.3) is 0 Å². The van der Waals surface area contributed by atoms with Gasteiger partial charge >= 0.3 is 0 Å². The average Bonchev–Trinajstić information content (AvgIpc) is 3.53. The van der Waals surface area contributed by atoms with E-state index < -0.39 is 11.7 Å². The molecule has 4 N–H and O–H groups in total. The third-order valence-electron chi connectivity index (χ3n) is 14.1. The lowest BCUT2D eigenvalue weighted by Crippen LogP contribution is -2.59. The van der Waals surface area contributed by atoms with Crippen LogP contribution in [0.25, 0.3) is 0 Å². The van der Waals surface area contributed by atoms with Gasteiger partial charge in [-0.05, 0) is 116 Å². The number of benzene rings is 1. The first-order valence-corrected chi connectivity index (χ1v) is 18.5. The van der Waals surface area contributed by atoms with Crippen molar-refractivity contribution in [2.75, 3.05) is 18.2 Å². The maximum Gasteiger partial charge on any atom is 0.110 e. The molecular formula is C34H47NO4S2. The van der Waals surface area contributed by atoms with Crippen molar-refractivity contribution < 1.29 is 20.1 Å². The van der Waals surface area contributed by atoms with Crippen LogP contribution in [0.3, 0.4) is 0 Å². The van der Waals surface area contributed by atoms with E-state index in [9.17, 15) is 15.3 Å². The van der Waals surface area contributed by atoms with Crippen LogP contribution >= 0.6 is 21.6 Å². The van der Waals surface area contributed by atoms with Gasteiger partial charge in [-0.1, -0.05) is 47.6 Å².